The summed E-state index contributed by atoms with van der Waals surface area (Å²) in [5, 5.41) is 27.1. The molecular formula is C11H12N2O4. The summed E-state index contributed by atoms with van der Waals surface area (Å²) in [6.45, 7) is 1.52. The lowest BCUT2D eigenvalue weighted by molar-refractivity contribution is -0.169. The molecule has 0 aliphatic carbocycles. The molecule has 2 aliphatic rings. The number of amides is 1. The van der Waals surface area contributed by atoms with E-state index >= 15 is 0 Å². The zero-order chi connectivity index (χ0) is 12.7. The number of hydrogen-bond donors (Lipinski definition) is 2. The molecule has 0 bridgehead atoms. The Labute approximate surface area is 97.8 Å². The molecule has 17 heavy (non-hydrogen) atoms. The zero-order valence-electron chi connectivity index (χ0n) is 9.20. The third kappa shape index (κ3) is 1.51. The van der Waals surface area contributed by atoms with Gasteiger partial charge in [0.1, 0.15) is 0 Å². The zero-order valence-corrected chi connectivity index (χ0v) is 9.20. The number of nitriles is 1. The normalized spacial score (nSPS) is 35.1. The van der Waals surface area contributed by atoms with E-state index in [9.17, 15) is 14.7 Å². The van der Waals surface area contributed by atoms with Crippen molar-refractivity contribution in [1.29, 1.82) is 5.26 Å². The van der Waals surface area contributed by atoms with E-state index in [-0.39, 0.29) is 11.9 Å². The van der Waals surface area contributed by atoms with Crippen LogP contribution in [0.15, 0.2) is 11.6 Å². The molecular weight excluding hydrogens is 224 g/mol. The molecule has 0 saturated carbocycles. The first-order valence-electron chi connectivity index (χ1n) is 5.30. The van der Waals surface area contributed by atoms with E-state index in [1.807, 2.05) is 0 Å². The van der Waals surface area contributed by atoms with Crippen molar-refractivity contribution in [1.82, 2.24) is 4.90 Å². The molecule has 2 heterocycles. The van der Waals surface area contributed by atoms with Crippen molar-refractivity contribution < 1.29 is 19.8 Å². The maximum Gasteiger partial charge on any atom is 0.330 e. The van der Waals surface area contributed by atoms with Crippen LogP contribution in [0.25, 0.3) is 0 Å². The van der Waals surface area contributed by atoms with E-state index in [4.69, 9.17) is 10.4 Å². The summed E-state index contributed by atoms with van der Waals surface area (Å²) in [6, 6.07) is 0.468. The molecule has 6 nitrogen and oxygen atoms in total. The van der Waals surface area contributed by atoms with Gasteiger partial charge in [-0.3, -0.25) is 4.79 Å². The van der Waals surface area contributed by atoms with Gasteiger partial charge in [-0.1, -0.05) is 0 Å². The van der Waals surface area contributed by atoms with Gasteiger partial charge in [0.15, 0.2) is 6.04 Å². The van der Waals surface area contributed by atoms with Crippen molar-refractivity contribution in [3.63, 3.8) is 0 Å². The first kappa shape index (κ1) is 11.6. The number of fused-ring (bicyclic) bond motifs is 1. The number of carboxylic acid groups (broad SMARTS) is 1. The quantitative estimate of drug-likeness (QED) is 0.497. The number of allylic oxidation sites excluding steroid dienone is 1. The van der Waals surface area contributed by atoms with Crippen molar-refractivity contribution in [2.75, 3.05) is 0 Å². The topological polar surface area (TPSA) is 102 Å². The van der Waals surface area contributed by atoms with Gasteiger partial charge < -0.3 is 15.1 Å². The van der Waals surface area contributed by atoms with E-state index in [1.54, 1.807) is 6.07 Å². The number of β-lactam (4-membered cyclic amide) rings is 1. The summed E-state index contributed by atoms with van der Waals surface area (Å²) in [5.74, 6) is -2.02. The van der Waals surface area contributed by atoms with Crippen LogP contribution in [0, 0.1) is 17.2 Å². The molecule has 2 aliphatic heterocycles. The molecule has 2 fully saturated rings. The van der Waals surface area contributed by atoms with Crippen LogP contribution in [0.3, 0.4) is 0 Å². The van der Waals surface area contributed by atoms with Crippen LogP contribution in [-0.2, 0) is 9.59 Å². The predicted octanol–water partition coefficient (Wildman–Crippen LogP) is -0.499. The molecule has 2 saturated heterocycles. The van der Waals surface area contributed by atoms with Crippen LogP contribution >= 0.6 is 0 Å². The van der Waals surface area contributed by atoms with Crippen molar-refractivity contribution in [2.45, 2.75) is 31.5 Å². The Kier molecular flexibility index (Phi) is 2.63. The molecule has 2 rings (SSSR count). The van der Waals surface area contributed by atoms with Gasteiger partial charge in [0.25, 0.3) is 0 Å². The summed E-state index contributed by atoms with van der Waals surface area (Å²) < 4.78 is 0. The van der Waals surface area contributed by atoms with Crippen LogP contribution in [-0.4, -0.2) is 45.2 Å². The number of hydrogen-bond acceptors (Lipinski definition) is 4. The first-order valence-corrected chi connectivity index (χ1v) is 5.30. The molecule has 4 atom stereocenters. The van der Waals surface area contributed by atoms with Crippen LogP contribution in [0.4, 0.5) is 0 Å². The number of carboxylic acids is 1. The molecule has 0 aromatic rings. The molecule has 2 N–H and O–H groups in total. The maximum absolute atomic E-state index is 11.7. The van der Waals surface area contributed by atoms with Gasteiger partial charge >= 0.3 is 5.97 Å². The average molecular weight is 236 g/mol. The summed E-state index contributed by atoms with van der Waals surface area (Å²) in [5.41, 5.74) is 0.432. The summed E-state index contributed by atoms with van der Waals surface area (Å²) in [4.78, 5) is 24.1. The molecule has 90 valence electrons. The Hall–Kier alpha value is -1.87. The fourth-order valence-corrected chi connectivity index (χ4v) is 2.69. The highest BCUT2D eigenvalue weighted by Gasteiger charge is 2.59. The third-order valence-corrected chi connectivity index (χ3v) is 3.39. The minimum Gasteiger partial charge on any atom is -0.479 e. The highest BCUT2D eigenvalue weighted by atomic mass is 16.4. The number of nitrogens with zero attached hydrogens (tertiary/aromatic N) is 2. The minimum atomic E-state index is -1.13. The average Bonchev–Trinajstić information content (AvgIpc) is 2.53. The lowest BCUT2D eigenvalue weighted by Crippen LogP contribution is -2.64. The second kappa shape index (κ2) is 3.86. The lowest BCUT2D eigenvalue weighted by atomic mass is 9.84. The molecule has 6 heteroatoms. The van der Waals surface area contributed by atoms with Gasteiger partial charge in [-0.25, -0.2) is 4.79 Å². The molecule has 0 unspecified atom stereocenters. The minimum absolute atomic E-state index is 0.289. The second-order valence-electron chi connectivity index (χ2n) is 4.37. The van der Waals surface area contributed by atoms with Crippen LogP contribution in [0.5, 0.6) is 0 Å². The van der Waals surface area contributed by atoms with Crippen LogP contribution < -0.4 is 0 Å². The molecule has 0 spiro atoms. The van der Waals surface area contributed by atoms with Crippen LogP contribution in [0.1, 0.15) is 13.3 Å². The molecule has 0 aromatic carbocycles. The van der Waals surface area contributed by atoms with Gasteiger partial charge in [0, 0.05) is 6.08 Å². The Morgan fingerprint density at radius 2 is 2.35 bits per heavy atom. The van der Waals surface area contributed by atoms with Gasteiger partial charge in [-0.2, -0.15) is 5.26 Å². The van der Waals surface area contributed by atoms with Crippen molar-refractivity contribution >= 4 is 11.9 Å². The Morgan fingerprint density at radius 3 is 2.82 bits per heavy atom. The number of carbonyl (C=O) groups is 2. The third-order valence-electron chi connectivity index (χ3n) is 3.39. The highest BCUT2D eigenvalue weighted by Crippen LogP contribution is 2.43. The fraction of sp³-hybridized carbons (Fsp3) is 0.545. The highest BCUT2D eigenvalue weighted by molar-refractivity contribution is 5.94. The summed E-state index contributed by atoms with van der Waals surface area (Å²) in [7, 11) is 0. The predicted molar refractivity (Wildman–Crippen MR) is 55.5 cm³/mol. The largest absolute Gasteiger partial charge is 0.479 e. The first-order chi connectivity index (χ1) is 7.99. The Bertz CT molecular complexity index is 449. The Morgan fingerprint density at radius 1 is 1.71 bits per heavy atom. The number of aliphatic hydroxyl groups excluding tert-OH is 1. The monoisotopic (exact) mass is 236 g/mol. The van der Waals surface area contributed by atoms with E-state index in [0.717, 1.165) is 0 Å². The van der Waals surface area contributed by atoms with Crippen LogP contribution in [0.2, 0.25) is 0 Å². The molecule has 0 aromatic heterocycles. The van der Waals surface area contributed by atoms with Gasteiger partial charge in [-0.05, 0) is 18.9 Å². The van der Waals surface area contributed by atoms with E-state index < -0.39 is 24.0 Å². The van der Waals surface area contributed by atoms with Gasteiger partial charge in [0.2, 0.25) is 5.91 Å². The fourth-order valence-electron chi connectivity index (χ4n) is 2.69. The molecule has 0 radical (unpaired) electrons. The standard InChI is InChI=1S/C11H12N2O4/c1-5(14)8-7-4-6(2-3-12)9(11(16)17)13(7)10(8)15/h2,5,7-9,14H,4H2,1H3,(H,16,17)/t5-,7-,8-,9-/m1/s1. The molecule has 1 amide bonds. The van der Waals surface area contributed by atoms with E-state index in [1.165, 1.54) is 17.9 Å². The van der Waals surface area contributed by atoms with Gasteiger partial charge in [0.05, 0.1) is 24.1 Å². The number of rotatable bonds is 2. The lowest BCUT2D eigenvalue weighted by Gasteiger charge is -2.45. The number of aliphatic carboxylic acids is 1. The van der Waals surface area contributed by atoms with Crippen molar-refractivity contribution in [2.24, 2.45) is 5.92 Å². The SMILES string of the molecule is C[C@@H](O)[C@H]1C(=O)N2[C@@H](C(=O)O)C(=CC#N)C[C@H]12. The van der Waals surface area contributed by atoms with Crippen molar-refractivity contribution in [3.05, 3.63) is 11.6 Å². The smallest absolute Gasteiger partial charge is 0.330 e. The summed E-state index contributed by atoms with van der Waals surface area (Å²) in [6.07, 6.45) is 0.745. The second-order valence-corrected chi connectivity index (χ2v) is 4.37. The number of carbonyl (C=O) groups excluding carboxylic acids is 1. The Balaban J connectivity index is 2.31. The van der Waals surface area contributed by atoms with E-state index in [2.05, 4.69) is 0 Å². The summed E-state index contributed by atoms with van der Waals surface area (Å²) >= 11 is 0. The van der Waals surface area contributed by atoms with Crippen molar-refractivity contribution in [3.8, 4) is 6.07 Å². The number of aliphatic hydroxyl groups is 1. The van der Waals surface area contributed by atoms with E-state index in [0.29, 0.717) is 12.0 Å². The van der Waals surface area contributed by atoms with Gasteiger partial charge in [-0.15, -0.1) is 0 Å². The maximum atomic E-state index is 11.7.